The minimum atomic E-state index is -0.0751. The molecule has 0 N–H and O–H groups in total. The SMILES string of the molecule is O=c1cnn(CCOc2ccccc2Cl)c2ccccc12. The van der Waals surface area contributed by atoms with Crippen LogP contribution in [0.3, 0.4) is 0 Å². The topological polar surface area (TPSA) is 44.1 Å². The molecule has 0 amide bonds. The van der Waals surface area contributed by atoms with E-state index in [0.717, 1.165) is 5.52 Å². The number of aromatic nitrogens is 2. The van der Waals surface area contributed by atoms with Gasteiger partial charge < -0.3 is 4.74 Å². The maximum Gasteiger partial charge on any atom is 0.207 e. The molecule has 0 bridgehead atoms. The van der Waals surface area contributed by atoms with E-state index in [1.165, 1.54) is 6.20 Å². The lowest BCUT2D eigenvalue weighted by molar-refractivity contribution is 0.293. The summed E-state index contributed by atoms with van der Waals surface area (Å²) in [7, 11) is 0. The van der Waals surface area contributed by atoms with Crippen LogP contribution >= 0.6 is 11.6 Å². The summed E-state index contributed by atoms with van der Waals surface area (Å²) in [6.07, 6.45) is 1.33. The highest BCUT2D eigenvalue weighted by Gasteiger charge is 2.04. The molecule has 0 aliphatic carbocycles. The molecule has 0 aliphatic heterocycles. The summed E-state index contributed by atoms with van der Waals surface area (Å²) in [5, 5.41) is 5.39. The fourth-order valence-electron chi connectivity index (χ4n) is 2.14. The molecule has 0 aliphatic rings. The van der Waals surface area contributed by atoms with Gasteiger partial charge in [0, 0.05) is 5.39 Å². The van der Waals surface area contributed by atoms with Crippen molar-refractivity contribution in [1.29, 1.82) is 0 Å². The van der Waals surface area contributed by atoms with E-state index in [1.807, 2.05) is 36.4 Å². The van der Waals surface area contributed by atoms with Crippen LogP contribution in [-0.4, -0.2) is 16.4 Å². The van der Waals surface area contributed by atoms with Crippen molar-refractivity contribution in [1.82, 2.24) is 9.78 Å². The molecule has 2 aromatic carbocycles. The number of halogens is 1. The number of hydrogen-bond donors (Lipinski definition) is 0. The monoisotopic (exact) mass is 300 g/mol. The molecule has 1 heterocycles. The largest absolute Gasteiger partial charge is 0.490 e. The summed E-state index contributed by atoms with van der Waals surface area (Å²) >= 11 is 6.03. The van der Waals surface area contributed by atoms with Gasteiger partial charge in [0.25, 0.3) is 0 Å². The number of benzene rings is 2. The summed E-state index contributed by atoms with van der Waals surface area (Å²) in [6.45, 7) is 0.954. The number of rotatable bonds is 4. The molecule has 3 rings (SSSR count). The fraction of sp³-hybridized carbons (Fsp3) is 0.125. The van der Waals surface area contributed by atoms with Gasteiger partial charge in [0.15, 0.2) is 0 Å². The number of hydrogen-bond acceptors (Lipinski definition) is 3. The molecule has 106 valence electrons. The van der Waals surface area contributed by atoms with Gasteiger partial charge in [-0.3, -0.25) is 9.48 Å². The zero-order chi connectivity index (χ0) is 14.7. The van der Waals surface area contributed by atoms with Crippen molar-refractivity contribution in [2.45, 2.75) is 6.54 Å². The Hall–Kier alpha value is -2.33. The van der Waals surface area contributed by atoms with E-state index in [9.17, 15) is 4.79 Å². The average Bonchev–Trinajstić information content (AvgIpc) is 2.52. The second-order valence-electron chi connectivity index (χ2n) is 4.53. The molecule has 0 saturated heterocycles. The second kappa shape index (κ2) is 5.97. The molecule has 0 unspecified atom stereocenters. The van der Waals surface area contributed by atoms with E-state index >= 15 is 0 Å². The fourth-order valence-corrected chi connectivity index (χ4v) is 2.33. The standard InChI is InChI=1S/C16H13ClN2O2/c17-13-6-2-4-8-16(13)21-10-9-19-14-7-3-1-5-12(14)15(20)11-18-19/h1-8,11H,9-10H2. The molecule has 0 fully saturated rings. The number of ether oxygens (including phenoxy) is 1. The maximum absolute atomic E-state index is 11.7. The highest BCUT2D eigenvalue weighted by atomic mass is 35.5. The van der Waals surface area contributed by atoms with Crippen molar-refractivity contribution in [2.24, 2.45) is 0 Å². The van der Waals surface area contributed by atoms with Crippen molar-refractivity contribution >= 4 is 22.5 Å². The molecule has 0 radical (unpaired) electrons. The quantitative estimate of drug-likeness (QED) is 0.743. The Morgan fingerprint density at radius 3 is 2.71 bits per heavy atom. The van der Waals surface area contributed by atoms with Gasteiger partial charge in [-0.1, -0.05) is 35.9 Å². The number of fused-ring (bicyclic) bond motifs is 1. The van der Waals surface area contributed by atoms with Crippen LogP contribution in [0.2, 0.25) is 5.02 Å². The average molecular weight is 301 g/mol. The summed E-state index contributed by atoms with van der Waals surface area (Å²) in [6, 6.07) is 14.7. The number of nitrogens with zero attached hydrogens (tertiary/aromatic N) is 2. The van der Waals surface area contributed by atoms with Gasteiger partial charge in [-0.05, 0) is 24.3 Å². The minimum absolute atomic E-state index is 0.0751. The highest BCUT2D eigenvalue weighted by Crippen LogP contribution is 2.23. The third kappa shape index (κ3) is 2.90. The van der Waals surface area contributed by atoms with Crippen molar-refractivity contribution < 1.29 is 4.74 Å². The van der Waals surface area contributed by atoms with E-state index in [-0.39, 0.29) is 5.43 Å². The van der Waals surface area contributed by atoms with Gasteiger partial charge >= 0.3 is 0 Å². The predicted molar refractivity (Wildman–Crippen MR) is 83.0 cm³/mol. The molecule has 0 spiro atoms. The Morgan fingerprint density at radius 2 is 1.86 bits per heavy atom. The molecule has 3 aromatic rings. The Bertz CT molecular complexity index is 830. The Balaban J connectivity index is 1.79. The van der Waals surface area contributed by atoms with Crippen LogP contribution in [0.1, 0.15) is 0 Å². The molecule has 0 saturated carbocycles. The molecule has 5 heteroatoms. The lowest BCUT2D eigenvalue weighted by Gasteiger charge is -2.11. The first-order chi connectivity index (χ1) is 10.3. The molecular formula is C16H13ClN2O2. The zero-order valence-electron chi connectivity index (χ0n) is 11.2. The first-order valence-electron chi connectivity index (χ1n) is 6.58. The highest BCUT2D eigenvalue weighted by molar-refractivity contribution is 6.32. The summed E-state index contributed by atoms with van der Waals surface area (Å²) in [4.78, 5) is 11.7. The molecule has 1 aromatic heterocycles. The molecular weight excluding hydrogens is 288 g/mol. The maximum atomic E-state index is 11.7. The van der Waals surface area contributed by atoms with Crippen LogP contribution in [0.4, 0.5) is 0 Å². The van der Waals surface area contributed by atoms with Crippen LogP contribution in [0.15, 0.2) is 59.5 Å². The van der Waals surface area contributed by atoms with Gasteiger partial charge in [-0.2, -0.15) is 5.10 Å². The normalized spacial score (nSPS) is 10.7. The smallest absolute Gasteiger partial charge is 0.207 e. The lowest BCUT2D eigenvalue weighted by atomic mass is 10.2. The van der Waals surface area contributed by atoms with Crippen LogP contribution in [0.25, 0.3) is 10.9 Å². The van der Waals surface area contributed by atoms with Crippen LogP contribution < -0.4 is 10.2 Å². The van der Waals surface area contributed by atoms with Crippen molar-refractivity contribution in [3.8, 4) is 5.75 Å². The van der Waals surface area contributed by atoms with Crippen LogP contribution in [-0.2, 0) is 6.54 Å². The van der Waals surface area contributed by atoms with Crippen molar-refractivity contribution in [3.63, 3.8) is 0 Å². The third-order valence-corrected chi connectivity index (χ3v) is 3.47. The van der Waals surface area contributed by atoms with Gasteiger partial charge in [0.1, 0.15) is 12.4 Å². The van der Waals surface area contributed by atoms with Gasteiger partial charge in [-0.15, -0.1) is 0 Å². The first kappa shape index (κ1) is 13.6. The lowest BCUT2D eigenvalue weighted by Crippen LogP contribution is -2.16. The Kier molecular flexibility index (Phi) is 3.88. The van der Waals surface area contributed by atoms with Gasteiger partial charge in [0.2, 0.25) is 5.43 Å². The van der Waals surface area contributed by atoms with E-state index in [4.69, 9.17) is 16.3 Å². The summed E-state index contributed by atoms with van der Waals surface area (Å²) in [5.41, 5.74) is 0.724. The van der Waals surface area contributed by atoms with E-state index in [1.54, 1.807) is 16.8 Å². The minimum Gasteiger partial charge on any atom is -0.490 e. The van der Waals surface area contributed by atoms with E-state index < -0.39 is 0 Å². The zero-order valence-corrected chi connectivity index (χ0v) is 12.0. The van der Waals surface area contributed by atoms with E-state index in [0.29, 0.717) is 29.3 Å². The summed E-state index contributed by atoms with van der Waals surface area (Å²) < 4.78 is 7.41. The molecule has 4 nitrogen and oxygen atoms in total. The van der Waals surface area contributed by atoms with Crippen LogP contribution in [0, 0.1) is 0 Å². The second-order valence-corrected chi connectivity index (χ2v) is 4.94. The third-order valence-electron chi connectivity index (χ3n) is 3.16. The van der Waals surface area contributed by atoms with Gasteiger partial charge in [-0.25, -0.2) is 0 Å². The summed E-state index contributed by atoms with van der Waals surface area (Å²) in [5.74, 6) is 0.643. The predicted octanol–water partition coefficient (Wildman–Crippen LogP) is 3.13. The van der Waals surface area contributed by atoms with Crippen molar-refractivity contribution in [3.05, 3.63) is 70.0 Å². The van der Waals surface area contributed by atoms with Gasteiger partial charge in [0.05, 0.1) is 23.3 Å². The van der Waals surface area contributed by atoms with Crippen LogP contribution in [0.5, 0.6) is 5.75 Å². The Morgan fingerprint density at radius 1 is 1.10 bits per heavy atom. The molecule has 0 atom stereocenters. The van der Waals surface area contributed by atoms with E-state index in [2.05, 4.69) is 5.10 Å². The first-order valence-corrected chi connectivity index (χ1v) is 6.96. The van der Waals surface area contributed by atoms with Crippen molar-refractivity contribution in [2.75, 3.05) is 6.61 Å². The molecule has 21 heavy (non-hydrogen) atoms. The Labute approximate surface area is 126 Å². The number of para-hydroxylation sites is 2.